The zero-order chi connectivity index (χ0) is 29.6. The van der Waals surface area contributed by atoms with Gasteiger partial charge in [0.05, 0.1) is 34.0 Å². The van der Waals surface area contributed by atoms with Crippen molar-refractivity contribution in [3.8, 4) is 0 Å². The molecule has 0 spiro atoms. The molecule has 1 aliphatic heterocycles. The van der Waals surface area contributed by atoms with E-state index in [1.165, 1.54) is 18.2 Å². The molecule has 2 N–H and O–H groups in total. The molecule has 4 rings (SSSR count). The van der Waals surface area contributed by atoms with Gasteiger partial charge in [0.2, 0.25) is 5.91 Å². The van der Waals surface area contributed by atoms with Crippen LogP contribution in [0.5, 0.6) is 0 Å². The molecule has 0 aliphatic carbocycles. The van der Waals surface area contributed by atoms with Gasteiger partial charge in [-0.25, -0.2) is 8.78 Å². The van der Waals surface area contributed by atoms with Crippen LogP contribution in [0, 0.1) is 5.82 Å². The molecule has 8 nitrogen and oxygen atoms in total. The molecule has 15 heteroatoms. The number of alkyl halides is 4. The van der Waals surface area contributed by atoms with Gasteiger partial charge in [0.15, 0.2) is 5.78 Å². The number of aryl methyl sites for hydroxylation is 1. The first-order valence-corrected chi connectivity index (χ1v) is 13.8. The predicted molar refractivity (Wildman–Crippen MR) is 134 cm³/mol. The summed E-state index contributed by atoms with van der Waals surface area (Å²) in [7, 11) is -4.86. The molecule has 2 atom stereocenters. The summed E-state index contributed by atoms with van der Waals surface area (Å²) in [6.45, 7) is -1.24. The van der Waals surface area contributed by atoms with E-state index >= 15 is 0 Å². The van der Waals surface area contributed by atoms with Gasteiger partial charge in [-0.05, 0) is 30.2 Å². The Morgan fingerprint density at radius 2 is 1.82 bits per heavy atom. The lowest BCUT2D eigenvalue weighted by atomic mass is 10.0. The molecule has 0 unspecified atom stereocenters. The zero-order valence-corrected chi connectivity index (χ0v) is 22.0. The van der Waals surface area contributed by atoms with Crippen molar-refractivity contribution in [2.45, 2.75) is 44.2 Å². The molecule has 214 valence electrons. The smallest absolute Gasteiger partial charge is 0.337 e. The molecule has 3 aromatic rings. The van der Waals surface area contributed by atoms with Crippen LogP contribution in [-0.2, 0) is 27.1 Å². The van der Waals surface area contributed by atoms with Crippen molar-refractivity contribution >= 4 is 52.9 Å². The van der Waals surface area contributed by atoms with Crippen LogP contribution in [0.1, 0.15) is 28.8 Å². The minimum Gasteiger partial charge on any atom is -0.337 e. The highest BCUT2D eigenvalue weighted by Gasteiger charge is 2.42. The SMILES string of the molecule is O=C(CCc1cccc(Cl)c1F)[C@@H]1C[C@@H](F)CN1C(=O)Cn1cc(C(=O)C(F)(F)F)c2ccc(P(=O)(O)O)cc21. The molecule has 1 saturated heterocycles. The summed E-state index contributed by atoms with van der Waals surface area (Å²) < 4.78 is 80.8. The lowest BCUT2D eigenvalue weighted by Gasteiger charge is -2.24. The normalized spacial score (nSPS) is 17.9. The summed E-state index contributed by atoms with van der Waals surface area (Å²) >= 11 is 5.75. The molecule has 1 amide bonds. The number of ketones is 2. The zero-order valence-electron chi connectivity index (χ0n) is 20.4. The summed E-state index contributed by atoms with van der Waals surface area (Å²) in [5.41, 5.74) is -0.958. The molecule has 0 radical (unpaired) electrons. The Labute approximate surface area is 228 Å². The topological polar surface area (TPSA) is 117 Å². The quantitative estimate of drug-likeness (QED) is 0.226. The average molecular weight is 607 g/mol. The number of Topliss-reactive ketones (excluding diaryl/α,β-unsaturated/α-hetero) is 2. The Morgan fingerprint density at radius 1 is 1.12 bits per heavy atom. The second-order valence-electron chi connectivity index (χ2n) is 9.32. The number of nitrogens with zero attached hydrogens (tertiary/aromatic N) is 2. The van der Waals surface area contributed by atoms with Crippen LogP contribution in [0.15, 0.2) is 42.6 Å². The van der Waals surface area contributed by atoms with Crippen molar-refractivity contribution in [2.75, 3.05) is 6.54 Å². The number of carbonyl (C=O) groups excluding carboxylic acids is 3. The van der Waals surface area contributed by atoms with E-state index in [0.29, 0.717) is 0 Å². The van der Waals surface area contributed by atoms with Gasteiger partial charge in [-0.15, -0.1) is 0 Å². The summed E-state index contributed by atoms with van der Waals surface area (Å²) in [6, 6.07) is 5.67. The third kappa shape index (κ3) is 6.12. The third-order valence-electron chi connectivity index (χ3n) is 6.62. The van der Waals surface area contributed by atoms with E-state index in [4.69, 9.17) is 11.6 Å². The maximum Gasteiger partial charge on any atom is 0.454 e. The van der Waals surface area contributed by atoms with Crippen molar-refractivity contribution in [1.82, 2.24) is 9.47 Å². The fraction of sp³-hybridized carbons (Fsp3) is 0.320. The first-order chi connectivity index (χ1) is 18.6. The minimum atomic E-state index is -5.28. The molecule has 0 saturated carbocycles. The monoisotopic (exact) mass is 606 g/mol. The number of benzene rings is 2. The molecule has 0 bridgehead atoms. The Bertz CT molecular complexity index is 1550. The number of halogens is 6. The largest absolute Gasteiger partial charge is 0.454 e. The number of hydrogen-bond acceptors (Lipinski definition) is 4. The van der Waals surface area contributed by atoms with E-state index in [9.17, 15) is 50.7 Å². The summed E-state index contributed by atoms with van der Waals surface area (Å²) in [6.07, 6.45) is -6.79. The maximum atomic E-state index is 14.4. The van der Waals surface area contributed by atoms with Crippen LogP contribution in [0.3, 0.4) is 0 Å². The molecule has 2 heterocycles. The van der Waals surface area contributed by atoms with Crippen molar-refractivity contribution < 1.29 is 50.7 Å². The first kappa shape index (κ1) is 29.9. The second-order valence-corrected chi connectivity index (χ2v) is 11.3. The van der Waals surface area contributed by atoms with Crippen LogP contribution >= 0.6 is 19.2 Å². The number of likely N-dealkylation sites (tertiary alicyclic amines) is 1. The van der Waals surface area contributed by atoms with Gasteiger partial charge in [0.1, 0.15) is 18.5 Å². The second kappa shape index (κ2) is 11.0. The van der Waals surface area contributed by atoms with Crippen molar-refractivity contribution in [1.29, 1.82) is 0 Å². The third-order valence-corrected chi connectivity index (χ3v) is 7.87. The number of hydrogen-bond donors (Lipinski definition) is 2. The first-order valence-electron chi connectivity index (χ1n) is 11.8. The van der Waals surface area contributed by atoms with Gasteiger partial charge >= 0.3 is 13.8 Å². The molecule has 1 aliphatic rings. The molecule has 2 aromatic carbocycles. The van der Waals surface area contributed by atoms with E-state index in [1.807, 2.05) is 0 Å². The van der Waals surface area contributed by atoms with E-state index in [2.05, 4.69) is 0 Å². The van der Waals surface area contributed by atoms with Gasteiger partial charge in [-0.1, -0.05) is 29.8 Å². The summed E-state index contributed by atoms with van der Waals surface area (Å²) in [5, 5.41) is -1.02. The number of aromatic nitrogens is 1. The number of rotatable bonds is 8. The predicted octanol–water partition coefficient (Wildman–Crippen LogP) is 4.12. The van der Waals surface area contributed by atoms with Gasteiger partial charge in [-0.2, -0.15) is 13.2 Å². The van der Waals surface area contributed by atoms with Gasteiger partial charge in [-0.3, -0.25) is 18.9 Å². The van der Waals surface area contributed by atoms with E-state index < -0.39 is 73.2 Å². The minimum absolute atomic E-state index is 0.0724. The molecule has 40 heavy (non-hydrogen) atoms. The van der Waals surface area contributed by atoms with E-state index in [0.717, 1.165) is 33.9 Å². The summed E-state index contributed by atoms with van der Waals surface area (Å²) in [4.78, 5) is 58.1. The van der Waals surface area contributed by atoms with Gasteiger partial charge < -0.3 is 19.3 Å². The highest BCUT2D eigenvalue weighted by atomic mass is 35.5. The fourth-order valence-corrected chi connectivity index (χ4v) is 5.45. The average Bonchev–Trinajstić information content (AvgIpc) is 3.43. The van der Waals surface area contributed by atoms with Crippen molar-refractivity contribution in [3.05, 3.63) is 64.6 Å². The number of carbonyl (C=O) groups is 3. The van der Waals surface area contributed by atoms with Gasteiger partial charge in [0, 0.05) is 24.4 Å². The maximum absolute atomic E-state index is 14.4. The fourth-order valence-electron chi connectivity index (χ4n) is 4.69. The van der Waals surface area contributed by atoms with Crippen LogP contribution in [-0.4, -0.2) is 61.7 Å². The van der Waals surface area contributed by atoms with Crippen molar-refractivity contribution in [3.63, 3.8) is 0 Å². The van der Waals surface area contributed by atoms with Crippen LogP contribution in [0.2, 0.25) is 5.02 Å². The number of amides is 1. The van der Waals surface area contributed by atoms with Gasteiger partial charge in [0.25, 0.3) is 5.78 Å². The standard InChI is InChI=1S/C25H21ClF5N2O6P/c26-18-3-1-2-13(23(18)28)4-7-21(34)20-8-14(27)10-33(20)22(35)12-32-11-17(24(36)25(29,30)31)16-6-5-15(9-19(16)32)40(37,38)39/h1-3,5-6,9,11,14,20H,4,7-8,10,12H2,(H2,37,38,39)/t14-,20+/m1/s1. The van der Waals surface area contributed by atoms with Crippen molar-refractivity contribution in [2.24, 2.45) is 0 Å². The lowest BCUT2D eigenvalue weighted by molar-refractivity contribution is -0.138. The highest BCUT2D eigenvalue weighted by Crippen LogP contribution is 2.36. The molecule has 1 aromatic heterocycles. The Balaban J connectivity index is 1.61. The van der Waals surface area contributed by atoms with Crippen LogP contribution in [0.4, 0.5) is 22.0 Å². The van der Waals surface area contributed by atoms with E-state index in [1.54, 1.807) is 0 Å². The Hall–Kier alpha value is -3.12. The lowest BCUT2D eigenvalue weighted by Crippen LogP contribution is -2.42. The Kier molecular flexibility index (Phi) is 8.24. The van der Waals surface area contributed by atoms with E-state index in [-0.39, 0.29) is 40.8 Å². The highest BCUT2D eigenvalue weighted by molar-refractivity contribution is 7.60. The number of fused-ring (bicyclic) bond motifs is 1. The molecule has 1 fully saturated rings. The Morgan fingerprint density at radius 3 is 2.48 bits per heavy atom. The molecular weight excluding hydrogens is 586 g/mol. The van der Waals surface area contributed by atoms with Crippen LogP contribution in [0.25, 0.3) is 10.9 Å². The van der Waals surface area contributed by atoms with Crippen LogP contribution < -0.4 is 5.30 Å². The molecular formula is C25H21ClF5N2O6P. The summed E-state index contributed by atoms with van der Waals surface area (Å²) in [5.74, 6) is -4.39.